The van der Waals surface area contributed by atoms with Gasteiger partial charge in [-0.15, -0.1) is 0 Å². The average molecular weight is 304 g/mol. The molecule has 7 heteroatoms. The first kappa shape index (κ1) is 15.8. The van der Waals surface area contributed by atoms with Crippen LogP contribution in [0.3, 0.4) is 0 Å². The smallest absolute Gasteiger partial charge is 0.222 e. The minimum absolute atomic E-state index is 0.140. The van der Waals surface area contributed by atoms with Gasteiger partial charge in [0.05, 0.1) is 20.8 Å². The molecule has 2 aromatic rings. The van der Waals surface area contributed by atoms with Crippen LogP contribution in [-0.4, -0.2) is 30.1 Å². The molecule has 1 aromatic carbocycles. The summed E-state index contributed by atoms with van der Waals surface area (Å²) < 4.78 is 10.4. The van der Waals surface area contributed by atoms with Gasteiger partial charge in [0.1, 0.15) is 5.82 Å². The fraction of sp³-hybridized carbons (Fsp3) is 0.333. The van der Waals surface area contributed by atoms with E-state index in [1.54, 1.807) is 38.7 Å². The van der Waals surface area contributed by atoms with Gasteiger partial charge in [0.25, 0.3) is 0 Å². The van der Waals surface area contributed by atoms with Crippen LogP contribution in [0.4, 0.5) is 0 Å². The molecule has 0 saturated heterocycles. The lowest BCUT2D eigenvalue weighted by Crippen LogP contribution is -2.27. The van der Waals surface area contributed by atoms with Crippen LogP contribution in [0, 0.1) is 0 Å². The highest BCUT2D eigenvalue weighted by molar-refractivity contribution is 5.76. The number of imidazole rings is 1. The van der Waals surface area contributed by atoms with Crippen molar-refractivity contribution in [2.24, 2.45) is 5.73 Å². The highest BCUT2D eigenvalue weighted by atomic mass is 16.5. The lowest BCUT2D eigenvalue weighted by Gasteiger charge is -2.14. The van der Waals surface area contributed by atoms with Crippen molar-refractivity contribution in [3.63, 3.8) is 0 Å². The number of rotatable bonds is 7. The number of nitrogens with one attached hydrogen (secondary N) is 2. The number of hydrogen-bond acceptors (Lipinski definition) is 5. The van der Waals surface area contributed by atoms with Gasteiger partial charge in [-0.25, -0.2) is 4.98 Å². The van der Waals surface area contributed by atoms with Crippen molar-refractivity contribution < 1.29 is 14.3 Å². The highest BCUT2D eigenvalue weighted by Gasteiger charge is 2.14. The number of carbonyl (C=O) groups is 1. The third-order valence-electron chi connectivity index (χ3n) is 3.25. The number of benzene rings is 1. The Morgan fingerprint density at radius 3 is 2.77 bits per heavy atom. The van der Waals surface area contributed by atoms with E-state index in [2.05, 4.69) is 15.3 Å². The zero-order valence-electron chi connectivity index (χ0n) is 12.6. The fourth-order valence-electron chi connectivity index (χ4n) is 2.05. The standard InChI is InChI=1S/C15H20N4O3/c1-21-12-4-3-10(7-13(12)22-2)11(16)8-15(20)19-9-14-17-5-6-18-14/h3-7,11H,8-9,16H2,1-2H3,(H,17,18)(H,19,20). The van der Waals surface area contributed by atoms with Gasteiger partial charge < -0.3 is 25.5 Å². The maximum atomic E-state index is 11.9. The molecular formula is C15H20N4O3. The summed E-state index contributed by atoms with van der Waals surface area (Å²) in [5, 5.41) is 2.77. The van der Waals surface area contributed by atoms with Crippen molar-refractivity contribution in [1.82, 2.24) is 15.3 Å². The Kier molecular flexibility index (Phi) is 5.37. The number of methoxy groups -OCH3 is 2. The summed E-state index contributed by atoms with van der Waals surface area (Å²) >= 11 is 0. The summed E-state index contributed by atoms with van der Waals surface area (Å²) in [6.45, 7) is 0.352. The number of amides is 1. The second-order valence-corrected chi connectivity index (χ2v) is 4.74. The van der Waals surface area contributed by atoms with E-state index in [4.69, 9.17) is 15.2 Å². The Bertz CT molecular complexity index is 613. The fourth-order valence-corrected chi connectivity index (χ4v) is 2.05. The summed E-state index contributed by atoms with van der Waals surface area (Å²) in [4.78, 5) is 18.9. The van der Waals surface area contributed by atoms with Gasteiger partial charge >= 0.3 is 0 Å². The first-order valence-corrected chi connectivity index (χ1v) is 6.86. The molecule has 4 N–H and O–H groups in total. The Morgan fingerprint density at radius 2 is 2.14 bits per heavy atom. The van der Waals surface area contributed by atoms with E-state index in [9.17, 15) is 4.79 Å². The van der Waals surface area contributed by atoms with Crippen LogP contribution >= 0.6 is 0 Å². The van der Waals surface area contributed by atoms with Gasteiger partial charge in [0.15, 0.2) is 11.5 Å². The topological polar surface area (TPSA) is 102 Å². The molecule has 2 rings (SSSR count). The van der Waals surface area contributed by atoms with Crippen LogP contribution in [0.15, 0.2) is 30.6 Å². The van der Waals surface area contributed by atoms with Crippen molar-refractivity contribution in [3.05, 3.63) is 42.0 Å². The van der Waals surface area contributed by atoms with Crippen molar-refractivity contribution in [1.29, 1.82) is 0 Å². The number of nitrogens with zero attached hydrogens (tertiary/aromatic N) is 1. The molecule has 0 radical (unpaired) electrons. The summed E-state index contributed by atoms with van der Waals surface area (Å²) in [6, 6.07) is 4.96. The summed E-state index contributed by atoms with van der Waals surface area (Å²) in [6.07, 6.45) is 3.52. The zero-order chi connectivity index (χ0) is 15.9. The van der Waals surface area contributed by atoms with Crippen LogP contribution in [0.2, 0.25) is 0 Å². The molecule has 1 heterocycles. The minimum Gasteiger partial charge on any atom is -0.493 e. The van der Waals surface area contributed by atoms with E-state index in [0.717, 1.165) is 5.56 Å². The van der Waals surface area contributed by atoms with Gasteiger partial charge in [0, 0.05) is 24.9 Å². The normalized spacial score (nSPS) is 11.8. The van der Waals surface area contributed by atoms with Crippen LogP contribution in [-0.2, 0) is 11.3 Å². The number of aromatic amines is 1. The number of ether oxygens (including phenoxy) is 2. The molecule has 1 unspecified atom stereocenters. The molecule has 1 amide bonds. The molecule has 0 bridgehead atoms. The predicted octanol–water partition coefficient (Wildman–Crippen LogP) is 1.13. The molecule has 118 valence electrons. The van der Waals surface area contributed by atoms with Gasteiger partial charge in [-0.2, -0.15) is 0 Å². The largest absolute Gasteiger partial charge is 0.493 e. The SMILES string of the molecule is COc1ccc(C(N)CC(=O)NCc2ncc[nH]2)cc1OC. The van der Waals surface area contributed by atoms with Crippen molar-refractivity contribution in [3.8, 4) is 11.5 Å². The first-order valence-electron chi connectivity index (χ1n) is 6.86. The van der Waals surface area contributed by atoms with Gasteiger partial charge in [0.2, 0.25) is 5.91 Å². The zero-order valence-corrected chi connectivity index (χ0v) is 12.6. The molecule has 0 fully saturated rings. The molecule has 0 aliphatic carbocycles. The number of aromatic nitrogens is 2. The van der Waals surface area contributed by atoms with Crippen molar-refractivity contribution >= 4 is 5.91 Å². The van der Waals surface area contributed by atoms with Crippen LogP contribution in [0.1, 0.15) is 23.9 Å². The quantitative estimate of drug-likeness (QED) is 0.711. The maximum absolute atomic E-state index is 11.9. The molecule has 7 nitrogen and oxygen atoms in total. The Hall–Kier alpha value is -2.54. The Labute approximate surface area is 128 Å². The molecular weight excluding hydrogens is 284 g/mol. The number of hydrogen-bond donors (Lipinski definition) is 3. The number of carbonyl (C=O) groups excluding carboxylic acids is 1. The molecule has 1 aromatic heterocycles. The average Bonchev–Trinajstić information content (AvgIpc) is 3.05. The number of nitrogens with two attached hydrogens (primary N) is 1. The Balaban J connectivity index is 1.93. The Morgan fingerprint density at radius 1 is 1.36 bits per heavy atom. The maximum Gasteiger partial charge on any atom is 0.222 e. The monoisotopic (exact) mass is 304 g/mol. The molecule has 0 spiro atoms. The summed E-state index contributed by atoms with van der Waals surface area (Å²) in [5.41, 5.74) is 6.89. The number of H-pyrrole nitrogens is 1. The molecule has 0 saturated carbocycles. The third-order valence-corrected chi connectivity index (χ3v) is 3.25. The van der Waals surface area contributed by atoms with E-state index in [1.807, 2.05) is 6.07 Å². The molecule has 1 atom stereocenters. The van der Waals surface area contributed by atoms with Crippen molar-refractivity contribution in [2.45, 2.75) is 19.0 Å². The molecule has 22 heavy (non-hydrogen) atoms. The van der Waals surface area contributed by atoms with E-state index in [1.165, 1.54) is 0 Å². The van der Waals surface area contributed by atoms with Gasteiger partial charge in [-0.1, -0.05) is 6.07 Å². The van der Waals surface area contributed by atoms with Gasteiger partial charge in [-0.05, 0) is 17.7 Å². The summed E-state index contributed by atoms with van der Waals surface area (Å²) in [7, 11) is 3.13. The van der Waals surface area contributed by atoms with Crippen LogP contribution in [0.5, 0.6) is 11.5 Å². The third kappa shape index (κ3) is 3.98. The van der Waals surface area contributed by atoms with E-state index < -0.39 is 6.04 Å². The van der Waals surface area contributed by atoms with Gasteiger partial charge in [-0.3, -0.25) is 4.79 Å². The highest BCUT2D eigenvalue weighted by Crippen LogP contribution is 2.30. The second kappa shape index (κ2) is 7.46. The lowest BCUT2D eigenvalue weighted by atomic mass is 10.0. The predicted molar refractivity (Wildman–Crippen MR) is 81.5 cm³/mol. The lowest BCUT2D eigenvalue weighted by molar-refractivity contribution is -0.121. The second-order valence-electron chi connectivity index (χ2n) is 4.74. The molecule has 0 aliphatic heterocycles. The van der Waals surface area contributed by atoms with Crippen LogP contribution in [0.25, 0.3) is 0 Å². The summed E-state index contributed by atoms with van der Waals surface area (Å²) in [5.74, 6) is 1.78. The molecule has 0 aliphatic rings. The van der Waals surface area contributed by atoms with Crippen LogP contribution < -0.4 is 20.5 Å². The minimum atomic E-state index is -0.420. The first-order chi connectivity index (χ1) is 10.6. The van der Waals surface area contributed by atoms with E-state index in [0.29, 0.717) is 23.9 Å². The van der Waals surface area contributed by atoms with E-state index in [-0.39, 0.29) is 12.3 Å². The van der Waals surface area contributed by atoms with E-state index >= 15 is 0 Å². The van der Waals surface area contributed by atoms with Crippen molar-refractivity contribution in [2.75, 3.05) is 14.2 Å².